The van der Waals surface area contributed by atoms with Gasteiger partial charge < -0.3 is 5.32 Å². The second-order valence-electron chi connectivity index (χ2n) is 4.95. The maximum atomic E-state index is 13.3. The summed E-state index contributed by atoms with van der Waals surface area (Å²) in [5.74, 6) is 0.485. The predicted molar refractivity (Wildman–Crippen MR) is 69.8 cm³/mol. The Morgan fingerprint density at radius 3 is 2.94 bits per heavy atom. The normalized spacial score (nSPS) is 24.7. The summed E-state index contributed by atoms with van der Waals surface area (Å²) in [7, 11) is 0. The summed E-state index contributed by atoms with van der Waals surface area (Å²) >= 11 is 5.67. The number of nitrogens with one attached hydrogen (secondary N) is 1. The van der Waals surface area contributed by atoms with Gasteiger partial charge in [-0.15, -0.1) is 0 Å². The van der Waals surface area contributed by atoms with Gasteiger partial charge in [0.25, 0.3) is 0 Å². The van der Waals surface area contributed by atoms with Gasteiger partial charge in [0.2, 0.25) is 0 Å². The van der Waals surface area contributed by atoms with Crippen molar-refractivity contribution in [3.8, 4) is 0 Å². The molecule has 2 rings (SSSR count). The van der Waals surface area contributed by atoms with Crippen LogP contribution in [0.5, 0.6) is 0 Å². The van der Waals surface area contributed by atoms with E-state index in [0.29, 0.717) is 6.04 Å². The van der Waals surface area contributed by atoms with E-state index in [2.05, 4.69) is 19.2 Å². The summed E-state index contributed by atoms with van der Waals surface area (Å²) in [6.07, 6.45) is 3.79. The van der Waals surface area contributed by atoms with Crippen molar-refractivity contribution in [2.45, 2.75) is 45.2 Å². The molecule has 1 aliphatic carbocycles. The SMILES string of the molecule is CCCC1CC1NC(C)c1ccc(Cl)c(F)c1. The van der Waals surface area contributed by atoms with Crippen LogP contribution in [-0.2, 0) is 0 Å². The molecule has 0 amide bonds. The average Bonchev–Trinajstić information content (AvgIpc) is 3.01. The smallest absolute Gasteiger partial charge is 0.142 e. The summed E-state index contributed by atoms with van der Waals surface area (Å²) in [6.45, 7) is 4.29. The molecular formula is C14H19ClFN. The first-order valence-electron chi connectivity index (χ1n) is 6.32. The minimum atomic E-state index is -0.335. The van der Waals surface area contributed by atoms with Gasteiger partial charge in [-0.05, 0) is 43.4 Å². The zero-order valence-electron chi connectivity index (χ0n) is 10.3. The molecule has 1 aliphatic rings. The van der Waals surface area contributed by atoms with E-state index in [4.69, 9.17) is 11.6 Å². The summed E-state index contributed by atoms with van der Waals surface area (Å²) in [5.41, 5.74) is 0.967. The average molecular weight is 256 g/mol. The molecule has 0 bridgehead atoms. The molecule has 1 fully saturated rings. The second-order valence-corrected chi connectivity index (χ2v) is 5.36. The third kappa shape index (κ3) is 3.20. The van der Waals surface area contributed by atoms with Gasteiger partial charge in [-0.25, -0.2) is 4.39 Å². The van der Waals surface area contributed by atoms with Crippen LogP contribution in [0, 0.1) is 11.7 Å². The molecule has 1 nitrogen and oxygen atoms in total. The van der Waals surface area contributed by atoms with Crippen LogP contribution < -0.4 is 5.32 Å². The fraction of sp³-hybridized carbons (Fsp3) is 0.571. The monoisotopic (exact) mass is 255 g/mol. The van der Waals surface area contributed by atoms with Gasteiger partial charge in [-0.1, -0.05) is 31.0 Å². The van der Waals surface area contributed by atoms with Crippen molar-refractivity contribution in [1.29, 1.82) is 0 Å². The summed E-state index contributed by atoms with van der Waals surface area (Å²) < 4.78 is 13.3. The molecule has 0 saturated heterocycles. The van der Waals surface area contributed by atoms with E-state index in [0.717, 1.165) is 11.5 Å². The third-order valence-corrected chi connectivity index (χ3v) is 3.80. The second kappa shape index (κ2) is 5.36. The van der Waals surface area contributed by atoms with E-state index in [9.17, 15) is 4.39 Å². The number of hydrogen-bond donors (Lipinski definition) is 1. The van der Waals surface area contributed by atoms with E-state index in [-0.39, 0.29) is 16.9 Å². The van der Waals surface area contributed by atoms with Crippen LogP contribution in [-0.4, -0.2) is 6.04 Å². The van der Waals surface area contributed by atoms with Crippen LogP contribution in [0.3, 0.4) is 0 Å². The molecule has 0 radical (unpaired) electrons. The molecule has 3 heteroatoms. The van der Waals surface area contributed by atoms with Crippen molar-refractivity contribution in [3.63, 3.8) is 0 Å². The van der Waals surface area contributed by atoms with Crippen molar-refractivity contribution in [1.82, 2.24) is 5.32 Å². The van der Waals surface area contributed by atoms with Crippen LogP contribution in [0.25, 0.3) is 0 Å². The van der Waals surface area contributed by atoms with E-state index >= 15 is 0 Å². The molecule has 1 N–H and O–H groups in total. The highest BCUT2D eigenvalue weighted by Gasteiger charge is 2.36. The van der Waals surface area contributed by atoms with Crippen LogP contribution >= 0.6 is 11.6 Å². The number of rotatable bonds is 5. The lowest BCUT2D eigenvalue weighted by atomic mass is 10.1. The molecule has 0 aliphatic heterocycles. The van der Waals surface area contributed by atoms with Crippen molar-refractivity contribution in [3.05, 3.63) is 34.6 Å². The first-order chi connectivity index (χ1) is 8.11. The molecule has 1 aromatic rings. The predicted octanol–water partition coefficient (Wildman–Crippen LogP) is 4.32. The van der Waals surface area contributed by atoms with Crippen molar-refractivity contribution >= 4 is 11.6 Å². The molecule has 3 atom stereocenters. The Labute approximate surface area is 107 Å². The fourth-order valence-corrected chi connectivity index (χ4v) is 2.46. The lowest BCUT2D eigenvalue weighted by molar-refractivity contribution is 0.526. The fourth-order valence-electron chi connectivity index (χ4n) is 2.34. The van der Waals surface area contributed by atoms with E-state index in [1.54, 1.807) is 6.07 Å². The van der Waals surface area contributed by atoms with Crippen molar-refractivity contribution in [2.24, 2.45) is 5.92 Å². The maximum Gasteiger partial charge on any atom is 0.142 e. The van der Waals surface area contributed by atoms with Crippen LogP contribution in [0.15, 0.2) is 18.2 Å². The van der Waals surface area contributed by atoms with Gasteiger partial charge in [0.1, 0.15) is 5.82 Å². The van der Waals surface area contributed by atoms with Crippen LogP contribution in [0.1, 0.15) is 44.7 Å². The first-order valence-corrected chi connectivity index (χ1v) is 6.70. The van der Waals surface area contributed by atoms with Crippen LogP contribution in [0.2, 0.25) is 5.02 Å². The lowest BCUT2D eigenvalue weighted by Gasteiger charge is -2.14. The standard InChI is InChI=1S/C14H19ClFN/c1-3-4-11-8-14(11)17-9(2)10-5-6-12(15)13(16)7-10/h5-7,9,11,14,17H,3-4,8H2,1-2H3. The summed E-state index contributed by atoms with van der Waals surface area (Å²) in [4.78, 5) is 0. The Morgan fingerprint density at radius 2 is 2.29 bits per heavy atom. The molecule has 1 aromatic carbocycles. The third-order valence-electron chi connectivity index (χ3n) is 3.49. The lowest BCUT2D eigenvalue weighted by Crippen LogP contribution is -2.22. The number of benzene rings is 1. The molecule has 0 aromatic heterocycles. The molecule has 17 heavy (non-hydrogen) atoms. The molecule has 3 unspecified atom stereocenters. The number of hydrogen-bond acceptors (Lipinski definition) is 1. The molecular weight excluding hydrogens is 237 g/mol. The summed E-state index contributed by atoms with van der Waals surface area (Å²) in [5, 5.41) is 3.73. The van der Waals surface area contributed by atoms with E-state index in [1.165, 1.54) is 25.3 Å². The van der Waals surface area contributed by atoms with Gasteiger partial charge in [0.15, 0.2) is 0 Å². The van der Waals surface area contributed by atoms with Crippen molar-refractivity contribution < 1.29 is 4.39 Å². The van der Waals surface area contributed by atoms with E-state index < -0.39 is 0 Å². The maximum absolute atomic E-state index is 13.3. The van der Waals surface area contributed by atoms with Crippen molar-refractivity contribution in [2.75, 3.05) is 0 Å². The first kappa shape index (κ1) is 12.8. The molecule has 0 spiro atoms. The Kier molecular flexibility index (Phi) is 4.05. The topological polar surface area (TPSA) is 12.0 Å². The minimum absolute atomic E-state index is 0.189. The zero-order chi connectivity index (χ0) is 12.4. The van der Waals surface area contributed by atoms with Gasteiger partial charge in [0.05, 0.1) is 5.02 Å². The minimum Gasteiger partial charge on any atom is -0.307 e. The zero-order valence-corrected chi connectivity index (χ0v) is 11.1. The Morgan fingerprint density at radius 1 is 1.53 bits per heavy atom. The highest BCUT2D eigenvalue weighted by atomic mass is 35.5. The highest BCUT2D eigenvalue weighted by Crippen LogP contribution is 2.36. The quantitative estimate of drug-likeness (QED) is 0.826. The van der Waals surface area contributed by atoms with Crippen LogP contribution in [0.4, 0.5) is 4.39 Å². The van der Waals surface area contributed by atoms with Gasteiger partial charge >= 0.3 is 0 Å². The van der Waals surface area contributed by atoms with Gasteiger partial charge in [-0.3, -0.25) is 0 Å². The highest BCUT2D eigenvalue weighted by molar-refractivity contribution is 6.30. The Balaban J connectivity index is 1.91. The Bertz CT molecular complexity index is 394. The molecule has 0 heterocycles. The van der Waals surface area contributed by atoms with Gasteiger partial charge in [0, 0.05) is 12.1 Å². The largest absolute Gasteiger partial charge is 0.307 e. The molecule has 94 valence electrons. The van der Waals surface area contributed by atoms with E-state index in [1.807, 2.05) is 6.07 Å². The molecule has 1 saturated carbocycles. The Hall–Kier alpha value is -0.600. The van der Waals surface area contributed by atoms with Gasteiger partial charge in [-0.2, -0.15) is 0 Å². The summed E-state index contributed by atoms with van der Waals surface area (Å²) in [6, 6.07) is 5.84. The number of halogens is 2.